The van der Waals surface area contributed by atoms with Crippen molar-refractivity contribution in [2.24, 2.45) is 11.7 Å². The highest BCUT2D eigenvalue weighted by atomic mass is 16.3. The SMILES string of the molecule is NCC1CCCC1NC(=O)c1ccc(O)c(O)c1. The van der Waals surface area contributed by atoms with E-state index in [0.717, 1.165) is 19.3 Å². The van der Waals surface area contributed by atoms with E-state index in [1.54, 1.807) is 0 Å². The van der Waals surface area contributed by atoms with Crippen molar-refractivity contribution in [3.8, 4) is 11.5 Å². The summed E-state index contributed by atoms with van der Waals surface area (Å²) < 4.78 is 0. The molecule has 5 heteroatoms. The van der Waals surface area contributed by atoms with E-state index < -0.39 is 0 Å². The number of amides is 1. The maximum absolute atomic E-state index is 12.0. The van der Waals surface area contributed by atoms with E-state index in [1.807, 2.05) is 0 Å². The summed E-state index contributed by atoms with van der Waals surface area (Å²) >= 11 is 0. The molecule has 0 aliphatic heterocycles. The van der Waals surface area contributed by atoms with Gasteiger partial charge in [0.1, 0.15) is 0 Å². The highest BCUT2D eigenvalue weighted by molar-refractivity contribution is 5.95. The summed E-state index contributed by atoms with van der Waals surface area (Å²) in [5, 5.41) is 21.5. The second-order valence-corrected chi connectivity index (χ2v) is 4.71. The molecule has 0 radical (unpaired) electrons. The van der Waals surface area contributed by atoms with E-state index in [4.69, 9.17) is 5.73 Å². The summed E-state index contributed by atoms with van der Waals surface area (Å²) in [5.74, 6) is -0.424. The number of carbonyl (C=O) groups excluding carboxylic acids is 1. The first-order valence-electron chi connectivity index (χ1n) is 6.14. The van der Waals surface area contributed by atoms with Gasteiger partial charge in [0.25, 0.3) is 5.91 Å². The molecule has 1 amide bonds. The first kappa shape index (κ1) is 12.7. The third kappa shape index (κ3) is 2.56. The van der Waals surface area contributed by atoms with E-state index in [2.05, 4.69) is 5.32 Å². The van der Waals surface area contributed by atoms with Gasteiger partial charge in [0, 0.05) is 11.6 Å². The second-order valence-electron chi connectivity index (χ2n) is 4.71. The Morgan fingerprint density at radius 2 is 2.11 bits per heavy atom. The molecule has 0 saturated heterocycles. The molecule has 1 aliphatic rings. The predicted molar refractivity (Wildman–Crippen MR) is 67.4 cm³/mol. The number of phenols is 2. The van der Waals surface area contributed by atoms with Crippen LogP contribution in [0.2, 0.25) is 0 Å². The summed E-state index contributed by atoms with van der Waals surface area (Å²) in [6.07, 6.45) is 3.06. The van der Waals surface area contributed by atoms with Crippen molar-refractivity contribution >= 4 is 5.91 Å². The molecule has 2 unspecified atom stereocenters. The van der Waals surface area contributed by atoms with Crippen LogP contribution in [-0.2, 0) is 0 Å². The number of aromatic hydroxyl groups is 2. The number of nitrogens with two attached hydrogens (primary N) is 1. The van der Waals surface area contributed by atoms with Crippen molar-refractivity contribution in [1.82, 2.24) is 5.32 Å². The molecule has 98 valence electrons. The normalized spacial score (nSPS) is 22.9. The van der Waals surface area contributed by atoms with Crippen molar-refractivity contribution in [3.05, 3.63) is 23.8 Å². The Hall–Kier alpha value is -1.75. The Morgan fingerprint density at radius 1 is 1.33 bits per heavy atom. The molecule has 0 aromatic heterocycles. The largest absolute Gasteiger partial charge is 0.504 e. The van der Waals surface area contributed by atoms with Gasteiger partial charge in [-0.2, -0.15) is 0 Å². The maximum Gasteiger partial charge on any atom is 0.251 e. The van der Waals surface area contributed by atoms with Gasteiger partial charge in [0.2, 0.25) is 0 Å². The third-order valence-electron chi connectivity index (χ3n) is 3.52. The lowest BCUT2D eigenvalue weighted by Gasteiger charge is -2.19. The maximum atomic E-state index is 12.0. The molecule has 2 rings (SSSR count). The van der Waals surface area contributed by atoms with E-state index in [1.165, 1.54) is 18.2 Å². The zero-order valence-electron chi connectivity index (χ0n) is 10.1. The predicted octanol–water partition coefficient (Wildman–Crippen LogP) is 0.955. The van der Waals surface area contributed by atoms with E-state index in [-0.39, 0.29) is 23.4 Å². The van der Waals surface area contributed by atoms with Gasteiger partial charge in [0.05, 0.1) is 0 Å². The molecule has 2 atom stereocenters. The number of phenolic OH excluding ortho intramolecular Hbond substituents is 2. The minimum Gasteiger partial charge on any atom is -0.504 e. The fourth-order valence-corrected chi connectivity index (χ4v) is 2.43. The molecule has 1 aromatic rings. The Bertz CT molecular complexity index is 448. The lowest BCUT2D eigenvalue weighted by Crippen LogP contribution is -2.39. The molecule has 5 N–H and O–H groups in total. The van der Waals surface area contributed by atoms with Crippen molar-refractivity contribution in [3.63, 3.8) is 0 Å². The van der Waals surface area contributed by atoms with Crippen molar-refractivity contribution in [1.29, 1.82) is 0 Å². The molecular weight excluding hydrogens is 232 g/mol. The molecule has 0 bridgehead atoms. The van der Waals surface area contributed by atoms with Crippen LogP contribution in [0, 0.1) is 5.92 Å². The monoisotopic (exact) mass is 250 g/mol. The van der Waals surface area contributed by atoms with Gasteiger partial charge < -0.3 is 21.3 Å². The summed E-state index contributed by atoms with van der Waals surface area (Å²) in [6, 6.07) is 4.16. The van der Waals surface area contributed by atoms with Crippen LogP contribution in [0.4, 0.5) is 0 Å². The Kier molecular flexibility index (Phi) is 3.72. The molecule has 18 heavy (non-hydrogen) atoms. The van der Waals surface area contributed by atoms with Crippen LogP contribution in [0.3, 0.4) is 0 Å². The highest BCUT2D eigenvalue weighted by Gasteiger charge is 2.27. The van der Waals surface area contributed by atoms with E-state index in [9.17, 15) is 15.0 Å². The van der Waals surface area contributed by atoms with Crippen LogP contribution < -0.4 is 11.1 Å². The number of carbonyl (C=O) groups is 1. The van der Waals surface area contributed by atoms with Gasteiger partial charge in [-0.3, -0.25) is 4.79 Å². The molecule has 1 fully saturated rings. The molecule has 0 spiro atoms. The second kappa shape index (κ2) is 5.27. The number of nitrogens with one attached hydrogen (secondary N) is 1. The minimum absolute atomic E-state index is 0.110. The summed E-state index contributed by atoms with van der Waals surface area (Å²) in [5.41, 5.74) is 6.00. The number of hydrogen-bond donors (Lipinski definition) is 4. The fourth-order valence-electron chi connectivity index (χ4n) is 2.43. The van der Waals surface area contributed by atoms with Gasteiger partial charge in [-0.05, 0) is 43.5 Å². The molecule has 0 heterocycles. The lowest BCUT2D eigenvalue weighted by atomic mass is 10.0. The average Bonchev–Trinajstić information content (AvgIpc) is 2.79. The molecular formula is C13H18N2O3. The van der Waals surface area contributed by atoms with Crippen LogP contribution in [0.5, 0.6) is 11.5 Å². The zero-order valence-corrected chi connectivity index (χ0v) is 10.1. The van der Waals surface area contributed by atoms with Crippen LogP contribution in [0.15, 0.2) is 18.2 Å². The average molecular weight is 250 g/mol. The summed E-state index contributed by atoms with van der Waals surface area (Å²) in [4.78, 5) is 12.0. The third-order valence-corrected chi connectivity index (χ3v) is 3.52. The Morgan fingerprint density at radius 3 is 2.78 bits per heavy atom. The van der Waals surface area contributed by atoms with Gasteiger partial charge in [-0.25, -0.2) is 0 Å². The molecule has 5 nitrogen and oxygen atoms in total. The Balaban J connectivity index is 2.05. The van der Waals surface area contributed by atoms with Crippen molar-refractivity contribution in [2.75, 3.05) is 6.54 Å². The van der Waals surface area contributed by atoms with Crippen molar-refractivity contribution < 1.29 is 15.0 Å². The summed E-state index contributed by atoms with van der Waals surface area (Å²) in [6.45, 7) is 0.575. The molecule has 1 saturated carbocycles. The van der Waals surface area contributed by atoms with Crippen molar-refractivity contribution in [2.45, 2.75) is 25.3 Å². The quantitative estimate of drug-likeness (QED) is 0.601. The zero-order chi connectivity index (χ0) is 13.1. The lowest BCUT2D eigenvalue weighted by molar-refractivity contribution is 0.0928. The van der Waals surface area contributed by atoms with E-state index >= 15 is 0 Å². The van der Waals surface area contributed by atoms with Crippen LogP contribution in [-0.4, -0.2) is 28.7 Å². The Labute approximate surface area is 106 Å². The topological polar surface area (TPSA) is 95.6 Å². The first-order chi connectivity index (χ1) is 8.61. The van der Waals surface area contributed by atoms with Crippen LogP contribution >= 0.6 is 0 Å². The standard InChI is InChI=1S/C13H18N2O3/c14-7-9-2-1-3-10(9)15-13(18)8-4-5-11(16)12(17)6-8/h4-6,9-10,16-17H,1-3,7,14H2,(H,15,18). The molecule has 1 aromatic carbocycles. The van der Waals surface area contributed by atoms with Gasteiger partial charge >= 0.3 is 0 Å². The highest BCUT2D eigenvalue weighted by Crippen LogP contribution is 2.27. The van der Waals surface area contributed by atoms with E-state index in [0.29, 0.717) is 18.0 Å². The van der Waals surface area contributed by atoms with Crippen LogP contribution in [0.25, 0.3) is 0 Å². The van der Waals surface area contributed by atoms with Gasteiger partial charge in [0.15, 0.2) is 11.5 Å². The minimum atomic E-state index is -0.288. The fraction of sp³-hybridized carbons (Fsp3) is 0.462. The number of benzene rings is 1. The van der Waals surface area contributed by atoms with Gasteiger partial charge in [-0.1, -0.05) is 6.42 Å². The first-order valence-corrected chi connectivity index (χ1v) is 6.14. The van der Waals surface area contributed by atoms with Gasteiger partial charge in [-0.15, -0.1) is 0 Å². The number of rotatable bonds is 3. The van der Waals surface area contributed by atoms with Crippen LogP contribution in [0.1, 0.15) is 29.6 Å². The smallest absolute Gasteiger partial charge is 0.251 e. The summed E-state index contributed by atoms with van der Waals surface area (Å²) in [7, 11) is 0. The molecule has 1 aliphatic carbocycles. The number of hydrogen-bond acceptors (Lipinski definition) is 4.